The van der Waals surface area contributed by atoms with E-state index in [1.807, 2.05) is 58.0 Å². The van der Waals surface area contributed by atoms with Gasteiger partial charge in [0.1, 0.15) is 0 Å². The number of hydrogen-bond donors (Lipinski definition) is 0. The summed E-state index contributed by atoms with van der Waals surface area (Å²) in [5.41, 5.74) is 1.58. The van der Waals surface area contributed by atoms with Gasteiger partial charge in [-0.05, 0) is 64.8 Å². The summed E-state index contributed by atoms with van der Waals surface area (Å²) in [5, 5.41) is 0. The van der Waals surface area contributed by atoms with Gasteiger partial charge >= 0.3 is 5.97 Å². The van der Waals surface area contributed by atoms with Gasteiger partial charge in [-0.15, -0.1) is 0 Å². The van der Waals surface area contributed by atoms with Gasteiger partial charge in [-0.25, -0.2) is 4.79 Å². The van der Waals surface area contributed by atoms with Gasteiger partial charge in [0.2, 0.25) is 0 Å². The van der Waals surface area contributed by atoms with Crippen molar-refractivity contribution in [3.8, 4) is 0 Å². The van der Waals surface area contributed by atoms with Crippen molar-refractivity contribution >= 4 is 23.7 Å². The van der Waals surface area contributed by atoms with Crippen LogP contribution in [-0.4, -0.2) is 58.2 Å². The van der Waals surface area contributed by atoms with Gasteiger partial charge in [0.05, 0.1) is 16.7 Å². The topological polar surface area (TPSA) is 84.0 Å². The molecule has 3 rings (SSSR count). The van der Waals surface area contributed by atoms with Crippen LogP contribution in [0.25, 0.3) is 0 Å². The van der Waals surface area contributed by atoms with E-state index in [1.165, 1.54) is 30.0 Å². The van der Waals surface area contributed by atoms with Crippen LogP contribution in [0.1, 0.15) is 71.3 Å². The number of fused-ring (bicyclic) bond motifs is 1. The maximum atomic E-state index is 12.9. The van der Waals surface area contributed by atoms with Gasteiger partial charge in [0.15, 0.2) is 6.10 Å². The molecule has 1 aliphatic rings. The Kier molecular flexibility index (Phi) is 7.31. The lowest BCUT2D eigenvalue weighted by Crippen LogP contribution is -2.47. The molecule has 0 spiro atoms. The number of benzene rings is 2. The van der Waals surface area contributed by atoms with Crippen molar-refractivity contribution in [2.45, 2.75) is 59.2 Å². The first-order valence-electron chi connectivity index (χ1n) is 11.2. The Morgan fingerprint density at radius 1 is 0.879 bits per heavy atom. The zero-order valence-corrected chi connectivity index (χ0v) is 19.7. The van der Waals surface area contributed by atoms with Crippen LogP contribution in [0.4, 0.5) is 0 Å². The summed E-state index contributed by atoms with van der Waals surface area (Å²) in [5.74, 6) is -1.81. The minimum Gasteiger partial charge on any atom is -0.449 e. The molecular formula is C26H30N2O5. The Bertz CT molecular complexity index is 1050. The van der Waals surface area contributed by atoms with Crippen LogP contribution in [-0.2, 0) is 16.0 Å². The smallest absolute Gasteiger partial charge is 0.338 e. The van der Waals surface area contributed by atoms with Gasteiger partial charge < -0.3 is 9.64 Å². The number of esters is 1. The van der Waals surface area contributed by atoms with Crippen molar-refractivity contribution in [3.05, 3.63) is 70.8 Å². The van der Waals surface area contributed by atoms with Crippen LogP contribution in [0, 0.1) is 0 Å². The molecule has 0 N–H and O–H groups in total. The first-order valence-corrected chi connectivity index (χ1v) is 11.2. The molecule has 0 radical (unpaired) electrons. The van der Waals surface area contributed by atoms with E-state index in [-0.39, 0.29) is 47.1 Å². The Morgan fingerprint density at radius 2 is 1.48 bits per heavy atom. The summed E-state index contributed by atoms with van der Waals surface area (Å²) in [6, 6.07) is 13.8. The Balaban J connectivity index is 1.71. The molecule has 0 saturated carbocycles. The van der Waals surface area contributed by atoms with Crippen molar-refractivity contribution < 1.29 is 23.9 Å². The quantitative estimate of drug-likeness (QED) is 0.452. The zero-order valence-electron chi connectivity index (χ0n) is 19.7. The molecule has 1 aliphatic heterocycles. The lowest BCUT2D eigenvalue weighted by atomic mass is 10.1. The molecule has 7 nitrogen and oxygen atoms in total. The van der Waals surface area contributed by atoms with E-state index in [0.717, 1.165) is 5.56 Å². The highest BCUT2D eigenvalue weighted by atomic mass is 16.5. The lowest BCUT2D eigenvalue weighted by molar-refractivity contribution is -0.143. The summed E-state index contributed by atoms with van der Waals surface area (Å²) >= 11 is 0. The standard InChI is InChI=1S/C26H30N2O5/c1-16(2)28(17(3)4)23(29)18(5)33-26(32)20-11-12-21-22(15-20)25(31)27(24(21)30)14-13-19-9-7-6-8-10-19/h6-12,15-18H,13-14H2,1-5H3. The average Bonchev–Trinajstić information content (AvgIpc) is 3.01. The molecule has 7 heteroatoms. The Hall–Kier alpha value is -3.48. The van der Waals surface area contributed by atoms with E-state index in [0.29, 0.717) is 6.42 Å². The van der Waals surface area contributed by atoms with Crippen LogP contribution in [0.15, 0.2) is 48.5 Å². The number of carbonyl (C=O) groups is 4. The summed E-state index contributed by atoms with van der Waals surface area (Å²) in [7, 11) is 0. The highest BCUT2D eigenvalue weighted by Crippen LogP contribution is 2.25. The van der Waals surface area contributed by atoms with Gasteiger partial charge in [-0.2, -0.15) is 0 Å². The van der Waals surface area contributed by atoms with Crippen molar-refractivity contribution in [3.63, 3.8) is 0 Å². The Morgan fingerprint density at radius 3 is 2.09 bits per heavy atom. The fourth-order valence-electron chi connectivity index (χ4n) is 4.10. The molecule has 2 aromatic carbocycles. The third-order valence-electron chi connectivity index (χ3n) is 5.67. The van der Waals surface area contributed by atoms with Crippen LogP contribution < -0.4 is 0 Å². The molecule has 174 valence electrons. The molecule has 33 heavy (non-hydrogen) atoms. The largest absolute Gasteiger partial charge is 0.449 e. The molecule has 0 saturated heterocycles. The normalized spacial score (nSPS) is 14.0. The number of hydrogen-bond acceptors (Lipinski definition) is 5. The van der Waals surface area contributed by atoms with E-state index in [2.05, 4.69) is 0 Å². The first-order chi connectivity index (χ1) is 15.6. The predicted molar refractivity (Wildman–Crippen MR) is 124 cm³/mol. The summed E-state index contributed by atoms with van der Waals surface area (Å²) in [6.07, 6.45) is -0.432. The average molecular weight is 451 g/mol. The minimum atomic E-state index is -0.977. The predicted octanol–water partition coefficient (Wildman–Crippen LogP) is 3.72. The van der Waals surface area contributed by atoms with Gasteiger partial charge in [0, 0.05) is 18.6 Å². The third kappa shape index (κ3) is 5.13. The number of nitrogens with zero attached hydrogens (tertiary/aromatic N) is 2. The SMILES string of the molecule is CC(OC(=O)c1ccc2c(c1)C(=O)N(CCc1ccccc1)C2=O)C(=O)N(C(C)C)C(C)C. The molecule has 2 aromatic rings. The van der Waals surface area contributed by atoms with E-state index in [4.69, 9.17) is 4.74 Å². The first kappa shape index (κ1) is 24.2. The third-order valence-corrected chi connectivity index (χ3v) is 5.67. The highest BCUT2D eigenvalue weighted by molar-refractivity contribution is 6.22. The molecule has 1 unspecified atom stereocenters. The summed E-state index contributed by atoms with van der Waals surface area (Å²) in [4.78, 5) is 53.9. The van der Waals surface area contributed by atoms with Gasteiger partial charge in [-0.1, -0.05) is 30.3 Å². The summed E-state index contributed by atoms with van der Waals surface area (Å²) in [6.45, 7) is 9.39. The zero-order chi connectivity index (χ0) is 24.3. The second-order valence-corrected chi connectivity index (χ2v) is 8.74. The molecular weight excluding hydrogens is 420 g/mol. The van der Waals surface area contributed by atoms with Crippen molar-refractivity contribution in [2.75, 3.05) is 6.54 Å². The maximum absolute atomic E-state index is 12.9. The molecule has 3 amide bonds. The monoisotopic (exact) mass is 450 g/mol. The van der Waals surface area contributed by atoms with E-state index >= 15 is 0 Å². The lowest BCUT2D eigenvalue weighted by Gasteiger charge is -2.32. The number of carbonyl (C=O) groups excluding carboxylic acids is 4. The summed E-state index contributed by atoms with van der Waals surface area (Å²) < 4.78 is 5.39. The molecule has 0 bridgehead atoms. The van der Waals surface area contributed by atoms with E-state index in [9.17, 15) is 19.2 Å². The second kappa shape index (κ2) is 9.98. The molecule has 1 heterocycles. The molecule has 0 aliphatic carbocycles. The number of ether oxygens (including phenoxy) is 1. The fourth-order valence-corrected chi connectivity index (χ4v) is 4.10. The molecule has 0 aromatic heterocycles. The van der Waals surface area contributed by atoms with E-state index < -0.39 is 18.0 Å². The second-order valence-electron chi connectivity index (χ2n) is 8.74. The van der Waals surface area contributed by atoms with Crippen LogP contribution >= 0.6 is 0 Å². The maximum Gasteiger partial charge on any atom is 0.338 e. The fraction of sp³-hybridized carbons (Fsp3) is 0.385. The van der Waals surface area contributed by atoms with Gasteiger partial charge in [0.25, 0.3) is 17.7 Å². The van der Waals surface area contributed by atoms with Crippen LogP contribution in [0.5, 0.6) is 0 Å². The number of amides is 3. The molecule has 1 atom stereocenters. The van der Waals surface area contributed by atoms with E-state index in [1.54, 1.807) is 4.90 Å². The van der Waals surface area contributed by atoms with Gasteiger partial charge in [-0.3, -0.25) is 19.3 Å². The van der Waals surface area contributed by atoms with Crippen LogP contribution in [0.3, 0.4) is 0 Å². The van der Waals surface area contributed by atoms with Crippen molar-refractivity contribution in [1.29, 1.82) is 0 Å². The van der Waals surface area contributed by atoms with Crippen LogP contribution in [0.2, 0.25) is 0 Å². The van der Waals surface area contributed by atoms with Crippen molar-refractivity contribution in [1.82, 2.24) is 9.80 Å². The molecule has 0 fully saturated rings. The number of imide groups is 1. The number of rotatable bonds is 8. The van der Waals surface area contributed by atoms with Crippen molar-refractivity contribution in [2.24, 2.45) is 0 Å². The minimum absolute atomic E-state index is 0.0378. The Labute approximate surface area is 194 Å². The highest BCUT2D eigenvalue weighted by Gasteiger charge is 2.36.